The van der Waals surface area contributed by atoms with Crippen molar-refractivity contribution in [2.75, 3.05) is 39.9 Å². The number of fused-ring (bicyclic) bond motifs is 2. The highest BCUT2D eigenvalue weighted by molar-refractivity contribution is 5.85. The molecule has 2 aliphatic rings. The van der Waals surface area contributed by atoms with Crippen molar-refractivity contribution >= 4 is 17.7 Å². The number of benzene rings is 2. The summed E-state index contributed by atoms with van der Waals surface area (Å²) in [5.41, 5.74) is 1.06. The van der Waals surface area contributed by atoms with Gasteiger partial charge in [-0.25, -0.2) is 0 Å². The number of nitrogens with one attached hydrogen (secondary N) is 4. The molecule has 39 heavy (non-hydrogen) atoms. The van der Waals surface area contributed by atoms with Crippen molar-refractivity contribution in [2.24, 2.45) is 11.3 Å². The number of ether oxygens (including phenoxy) is 2. The van der Waals surface area contributed by atoms with Gasteiger partial charge < -0.3 is 30.7 Å². The van der Waals surface area contributed by atoms with Gasteiger partial charge in [0.2, 0.25) is 11.8 Å². The van der Waals surface area contributed by atoms with E-state index < -0.39 is 5.41 Å². The molecule has 4 rings (SSSR count). The van der Waals surface area contributed by atoms with E-state index in [-0.39, 0.29) is 30.9 Å². The molecule has 0 spiro atoms. The molecule has 1 saturated carbocycles. The lowest BCUT2D eigenvalue weighted by atomic mass is 9.75. The Labute approximate surface area is 230 Å². The minimum absolute atomic E-state index is 0.0685. The molecule has 210 valence electrons. The maximum Gasteiger partial charge on any atom is 0.257 e. The van der Waals surface area contributed by atoms with Crippen molar-refractivity contribution in [3.05, 3.63) is 59.7 Å². The highest BCUT2D eigenvalue weighted by Gasteiger charge is 2.43. The summed E-state index contributed by atoms with van der Waals surface area (Å²) >= 11 is 0. The SMILES string of the molecule is COc1ccc2cc1OCC(=O)NCCNCCCC(=O)NCC(CC1CC1)(C(=O)NCc1ccccc1)C2. The fraction of sp³-hybridized carbons (Fsp3) is 0.500. The quantitative estimate of drug-likeness (QED) is 0.450. The Morgan fingerprint density at radius 2 is 1.87 bits per heavy atom. The molecule has 3 amide bonds. The summed E-state index contributed by atoms with van der Waals surface area (Å²) in [6, 6.07) is 15.4. The van der Waals surface area contributed by atoms with Gasteiger partial charge >= 0.3 is 0 Å². The van der Waals surface area contributed by atoms with E-state index in [9.17, 15) is 14.4 Å². The third-order valence-electron chi connectivity index (χ3n) is 7.29. The van der Waals surface area contributed by atoms with Crippen molar-refractivity contribution < 1.29 is 23.9 Å². The highest BCUT2D eigenvalue weighted by atomic mass is 16.5. The Morgan fingerprint density at radius 1 is 1.05 bits per heavy atom. The number of hydrogen-bond donors (Lipinski definition) is 4. The third-order valence-corrected chi connectivity index (χ3v) is 7.29. The predicted molar refractivity (Wildman–Crippen MR) is 148 cm³/mol. The molecular formula is C30H40N4O5. The second-order valence-electron chi connectivity index (χ2n) is 10.5. The molecule has 1 aliphatic heterocycles. The van der Waals surface area contributed by atoms with E-state index in [2.05, 4.69) is 21.3 Å². The Balaban J connectivity index is 1.62. The van der Waals surface area contributed by atoms with Gasteiger partial charge in [-0.15, -0.1) is 0 Å². The lowest BCUT2D eigenvalue weighted by molar-refractivity contribution is -0.132. The number of carbonyl (C=O) groups is 3. The van der Waals surface area contributed by atoms with E-state index in [1.54, 1.807) is 13.2 Å². The second kappa shape index (κ2) is 14.0. The zero-order valence-electron chi connectivity index (χ0n) is 22.7. The van der Waals surface area contributed by atoms with E-state index in [1.165, 1.54) is 0 Å². The fourth-order valence-corrected chi connectivity index (χ4v) is 4.97. The first-order chi connectivity index (χ1) is 19.0. The van der Waals surface area contributed by atoms with Gasteiger partial charge in [-0.1, -0.05) is 49.2 Å². The maximum atomic E-state index is 14.0. The third kappa shape index (κ3) is 8.71. The Kier molecular flexibility index (Phi) is 10.2. The molecule has 4 N–H and O–H groups in total. The summed E-state index contributed by atoms with van der Waals surface area (Å²) < 4.78 is 11.3. The maximum absolute atomic E-state index is 14.0. The van der Waals surface area contributed by atoms with Gasteiger partial charge in [0.25, 0.3) is 5.91 Å². The second-order valence-corrected chi connectivity index (χ2v) is 10.5. The summed E-state index contributed by atoms with van der Waals surface area (Å²) in [4.78, 5) is 39.1. The molecular weight excluding hydrogens is 496 g/mol. The standard InChI is InChI=1S/C30H40N4O5/c1-38-25-12-11-24-16-26(25)39-20-28(36)32-15-14-31-13-5-8-27(35)34-21-30(18-24,17-22-9-10-22)29(37)33-19-23-6-3-2-4-7-23/h2-4,6-7,11-12,16,22,31H,5,8-10,13-15,17-21H2,1H3,(H,32,36)(H,33,37)(H,34,35). The van der Waals surface area contributed by atoms with E-state index in [4.69, 9.17) is 9.47 Å². The molecule has 1 unspecified atom stereocenters. The van der Waals surface area contributed by atoms with Gasteiger partial charge in [0.1, 0.15) is 0 Å². The zero-order valence-corrected chi connectivity index (χ0v) is 22.7. The molecule has 1 heterocycles. The number of carbonyl (C=O) groups excluding carboxylic acids is 3. The van der Waals surface area contributed by atoms with Crippen LogP contribution in [0.3, 0.4) is 0 Å². The molecule has 9 nitrogen and oxygen atoms in total. The van der Waals surface area contributed by atoms with Crippen molar-refractivity contribution in [3.8, 4) is 11.5 Å². The first-order valence-corrected chi connectivity index (χ1v) is 13.8. The lowest BCUT2D eigenvalue weighted by Crippen LogP contribution is -2.50. The Bertz CT molecular complexity index is 1120. The molecule has 1 atom stereocenters. The van der Waals surface area contributed by atoms with Gasteiger partial charge in [-0.05, 0) is 55.0 Å². The van der Waals surface area contributed by atoms with E-state index >= 15 is 0 Å². The topological polar surface area (TPSA) is 118 Å². The van der Waals surface area contributed by atoms with Crippen LogP contribution in [0.4, 0.5) is 0 Å². The fourth-order valence-electron chi connectivity index (χ4n) is 4.97. The van der Waals surface area contributed by atoms with Gasteiger partial charge in [-0.2, -0.15) is 0 Å². The van der Waals surface area contributed by atoms with Crippen molar-refractivity contribution in [1.29, 1.82) is 0 Å². The van der Waals surface area contributed by atoms with Crippen LogP contribution in [-0.2, 0) is 27.3 Å². The summed E-state index contributed by atoms with van der Waals surface area (Å²) in [7, 11) is 1.55. The van der Waals surface area contributed by atoms with Crippen LogP contribution in [0.15, 0.2) is 48.5 Å². The van der Waals surface area contributed by atoms with Crippen LogP contribution in [0.5, 0.6) is 11.5 Å². The molecule has 1 aliphatic carbocycles. The number of rotatable bonds is 6. The molecule has 0 aromatic heterocycles. The number of methoxy groups -OCH3 is 1. The minimum atomic E-state index is -0.835. The van der Waals surface area contributed by atoms with Crippen LogP contribution in [0, 0.1) is 11.3 Å². The van der Waals surface area contributed by atoms with Crippen LogP contribution >= 0.6 is 0 Å². The monoisotopic (exact) mass is 536 g/mol. The first kappa shape index (κ1) is 28.4. The Hall–Kier alpha value is -3.59. The average molecular weight is 537 g/mol. The van der Waals surface area contributed by atoms with Crippen LogP contribution in [0.25, 0.3) is 0 Å². The minimum Gasteiger partial charge on any atom is -0.493 e. The van der Waals surface area contributed by atoms with E-state index in [1.807, 2.05) is 42.5 Å². The highest BCUT2D eigenvalue weighted by Crippen LogP contribution is 2.43. The van der Waals surface area contributed by atoms with Gasteiger partial charge in [0.15, 0.2) is 18.1 Å². The number of hydrogen-bond acceptors (Lipinski definition) is 6. The predicted octanol–water partition coefficient (Wildman–Crippen LogP) is 2.34. The van der Waals surface area contributed by atoms with Crippen molar-refractivity contribution in [1.82, 2.24) is 21.3 Å². The summed E-state index contributed by atoms with van der Waals surface area (Å²) in [6.45, 7) is 2.25. The van der Waals surface area contributed by atoms with Crippen molar-refractivity contribution in [2.45, 2.75) is 45.1 Å². The molecule has 1 fully saturated rings. The van der Waals surface area contributed by atoms with Crippen molar-refractivity contribution in [3.63, 3.8) is 0 Å². The van der Waals surface area contributed by atoms with Gasteiger partial charge in [0, 0.05) is 32.6 Å². The smallest absolute Gasteiger partial charge is 0.257 e. The largest absolute Gasteiger partial charge is 0.493 e. The lowest BCUT2D eigenvalue weighted by Gasteiger charge is -2.33. The van der Waals surface area contributed by atoms with Crippen LogP contribution < -0.4 is 30.7 Å². The Morgan fingerprint density at radius 3 is 2.64 bits per heavy atom. The molecule has 2 bridgehead atoms. The summed E-state index contributed by atoms with van der Waals surface area (Å²) in [6.07, 6.45) is 4.29. The van der Waals surface area contributed by atoms with E-state index in [0.29, 0.717) is 69.3 Å². The molecule has 2 aromatic carbocycles. The number of amides is 3. The molecule has 9 heteroatoms. The van der Waals surface area contributed by atoms with E-state index in [0.717, 1.165) is 24.0 Å². The van der Waals surface area contributed by atoms with Crippen LogP contribution in [-0.4, -0.2) is 57.6 Å². The average Bonchev–Trinajstić information content (AvgIpc) is 3.77. The van der Waals surface area contributed by atoms with Gasteiger partial charge in [0.05, 0.1) is 12.5 Å². The zero-order chi connectivity index (χ0) is 27.5. The molecule has 0 radical (unpaired) electrons. The normalized spacial score (nSPS) is 21.4. The first-order valence-electron chi connectivity index (χ1n) is 13.8. The van der Waals surface area contributed by atoms with Gasteiger partial charge in [-0.3, -0.25) is 14.4 Å². The summed E-state index contributed by atoms with van der Waals surface area (Å²) in [5.74, 6) is 1.03. The molecule has 2 aromatic rings. The summed E-state index contributed by atoms with van der Waals surface area (Å²) in [5, 5.41) is 12.3. The molecule has 0 saturated heterocycles. The van der Waals surface area contributed by atoms with Crippen LogP contribution in [0.2, 0.25) is 0 Å². The van der Waals surface area contributed by atoms with Crippen LogP contribution in [0.1, 0.15) is 43.2 Å².